The zero-order valence-electron chi connectivity index (χ0n) is 24.1. The predicted molar refractivity (Wildman–Crippen MR) is 175 cm³/mol. The number of hydrogen-bond acceptors (Lipinski definition) is 3. The van der Waals surface area contributed by atoms with E-state index in [4.69, 9.17) is 4.98 Å². The van der Waals surface area contributed by atoms with Crippen LogP contribution in [-0.2, 0) is 5.41 Å². The van der Waals surface area contributed by atoms with Gasteiger partial charge in [0.25, 0.3) is 0 Å². The van der Waals surface area contributed by atoms with Gasteiger partial charge in [-0.3, -0.25) is 9.55 Å². The Morgan fingerprint density at radius 3 is 2.07 bits per heavy atom. The highest BCUT2D eigenvalue weighted by molar-refractivity contribution is 5.97. The van der Waals surface area contributed by atoms with Crippen LogP contribution >= 0.6 is 0 Å². The standard InChI is InChI=1S/C39H31N3O/c1-39(2,28-14-5-3-6-15-28)33-24-23-27(34-20-11-12-25-40-34)26-32(33)30-19-13-21-35-37(30)41-38(31-18-9-10-22-36(31)43)42(35)29-16-7-4-8-17-29/h3-26,43H,1-2H3. The average Bonchev–Trinajstić information content (AvgIpc) is 3.45. The van der Waals surface area contributed by atoms with Crippen molar-refractivity contribution in [2.45, 2.75) is 19.3 Å². The van der Waals surface area contributed by atoms with Crippen LogP contribution in [0.2, 0.25) is 0 Å². The number of phenols is 1. The predicted octanol–water partition coefficient (Wildman–Crippen LogP) is 9.45. The normalized spacial score (nSPS) is 11.6. The molecule has 0 saturated heterocycles. The third-order valence-corrected chi connectivity index (χ3v) is 8.28. The van der Waals surface area contributed by atoms with E-state index in [1.807, 2.05) is 60.8 Å². The Morgan fingerprint density at radius 1 is 0.628 bits per heavy atom. The van der Waals surface area contributed by atoms with E-state index in [9.17, 15) is 5.11 Å². The number of imidazole rings is 1. The molecule has 0 saturated carbocycles. The molecule has 0 bridgehead atoms. The highest BCUT2D eigenvalue weighted by Gasteiger charge is 2.28. The number of hydrogen-bond donors (Lipinski definition) is 1. The summed E-state index contributed by atoms with van der Waals surface area (Å²) in [4.78, 5) is 9.94. The van der Waals surface area contributed by atoms with Crippen molar-refractivity contribution in [1.82, 2.24) is 14.5 Å². The minimum Gasteiger partial charge on any atom is -0.507 e. The number of nitrogens with zero attached hydrogens (tertiary/aromatic N) is 3. The third-order valence-electron chi connectivity index (χ3n) is 8.28. The number of rotatable bonds is 6. The van der Waals surface area contributed by atoms with E-state index in [2.05, 4.69) is 102 Å². The quantitative estimate of drug-likeness (QED) is 0.222. The Kier molecular flexibility index (Phi) is 6.59. The molecule has 2 heterocycles. The fraction of sp³-hybridized carbons (Fsp3) is 0.0769. The van der Waals surface area contributed by atoms with Gasteiger partial charge in [-0.1, -0.05) is 105 Å². The Bertz CT molecular complexity index is 2050. The average molecular weight is 558 g/mol. The van der Waals surface area contributed by atoms with Crippen molar-refractivity contribution < 1.29 is 5.11 Å². The van der Waals surface area contributed by atoms with E-state index < -0.39 is 0 Å². The second-order valence-electron chi connectivity index (χ2n) is 11.3. The van der Waals surface area contributed by atoms with Crippen LogP contribution in [-0.4, -0.2) is 19.6 Å². The van der Waals surface area contributed by atoms with Gasteiger partial charge in [-0.2, -0.15) is 0 Å². The molecule has 1 N–H and O–H groups in total. The Labute approximate surface area is 251 Å². The molecular weight excluding hydrogens is 526 g/mol. The SMILES string of the molecule is CC(C)(c1ccccc1)c1ccc(-c2ccccn2)cc1-c1cccc2c1nc(-c1ccccc1O)n2-c1ccccc1. The third kappa shape index (κ3) is 4.67. The van der Waals surface area contributed by atoms with Crippen molar-refractivity contribution >= 4 is 11.0 Å². The van der Waals surface area contributed by atoms with Crippen LogP contribution in [0.25, 0.3) is 50.5 Å². The van der Waals surface area contributed by atoms with Gasteiger partial charge < -0.3 is 5.11 Å². The van der Waals surface area contributed by atoms with Crippen LogP contribution in [0.1, 0.15) is 25.0 Å². The van der Waals surface area contributed by atoms with Crippen molar-refractivity contribution in [3.05, 3.63) is 157 Å². The number of para-hydroxylation sites is 3. The van der Waals surface area contributed by atoms with E-state index in [-0.39, 0.29) is 11.2 Å². The zero-order chi connectivity index (χ0) is 29.4. The Hall–Kier alpha value is -5.48. The zero-order valence-corrected chi connectivity index (χ0v) is 24.1. The molecule has 43 heavy (non-hydrogen) atoms. The topological polar surface area (TPSA) is 50.9 Å². The summed E-state index contributed by atoms with van der Waals surface area (Å²) in [6.45, 7) is 4.55. The molecule has 0 aliphatic rings. The largest absolute Gasteiger partial charge is 0.507 e. The molecule has 2 aromatic heterocycles. The minimum atomic E-state index is -0.288. The van der Waals surface area contributed by atoms with Crippen LogP contribution in [0.3, 0.4) is 0 Å². The number of pyridine rings is 1. The van der Waals surface area contributed by atoms with Crippen LogP contribution in [0, 0.1) is 0 Å². The van der Waals surface area contributed by atoms with Crippen molar-refractivity contribution in [3.63, 3.8) is 0 Å². The first-order valence-corrected chi connectivity index (χ1v) is 14.5. The fourth-order valence-corrected chi connectivity index (χ4v) is 6.01. The van der Waals surface area contributed by atoms with E-state index >= 15 is 0 Å². The number of fused-ring (bicyclic) bond motifs is 1. The molecule has 0 spiro atoms. The molecule has 0 atom stereocenters. The monoisotopic (exact) mass is 557 g/mol. The fourth-order valence-electron chi connectivity index (χ4n) is 6.01. The van der Waals surface area contributed by atoms with Gasteiger partial charge in [0.15, 0.2) is 0 Å². The van der Waals surface area contributed by atoms with E-state index in [1.54, 1.807) is 6.07 Å². The number of aromatic hydroxyl groups is 1. The lowest BCUT2D eigenvalue weighted by Gasteiger charge is -2.29. The van der Waals surface area contributed by atoms with Crippen LogP contribution < -0.4 is 0 Å². The van der Waals surface area contributed by atoms with E-state index in [0.717, 1.165) is 39.1 Å². The summed E-state index contributed by atoms with van der Waals surface area (Å²) in [7, 11) is 0. The first kappa shape index (κ1) is 26.4. The lowest BCUT2D eigenvalue weighted by molar-refractivity contribution is 0.477. The summed E-state index contributed by atoms with van der Waals surface area (Å²) >= 11 is 0. The van der Waals surface area contributed by atoms with Gasteiger partial charge in [0.1, 0.15) is 11.6 Å². The molecule has 7 aromatic rings. The first-order valence-electron chi connectivity index (χ1n) is 14.5. The molecule has 4 heteroatoms. The lowest BCUT2D eigenvalue weighted by Crippen LogP contribution is -2.20. The maximum atomic E-state index is 10.9. The molecule has 0 aliphatic heterocycles. The number of aromatic nitrogens is 3. The molecule has 4 nitrogen and oxygen atoms in total. The highest BCUT2D eigenvalue weighted by atomic mass is 16.3. The molecular formula is C39H31N3O. The van der Waals surface area contributed by atoms with Crippen molar-refractivity contribution in [2.75, 3.05) is 0 Å². The van der Waals surface area contributed by atoms with Crippen molar-refractivity contribution in [3.8, 4) is 45.2 Å². The van der Waals surface area contributed by atoms with Crippen LogP contribution in [0.5, 0.6) is 5.75 Å². The molecule has 208 valence electrons. The smallest absolute Gasteiger partial charge is 0.149 e. The van der Waals surface area contributed by atoms with Crippen molar-refractivity contribution in [1.29, 1.82) is 0 Å². The Balaban J connectivity index is 1.55. The summed E-state index contributed by atoms with van der Waals surface area (Å²) in [6.07, 6.45) is 1.83. The first-order chi connectivity index (χ1) is 21.0. The summed E-state index contributed by atoms with van der Waals surface area (Å²) < 4.78 is 2.14. The number of phenolic OH excluding ortho intramolecular Hbond substituents is 1. The van der Waals surface area contributed by atoms with Gasteiger partial charge >= 0.3 is 0 Å². The van der Waals surface area contributed by atoms with E-state index in [1.165, 1.54) is 11.1 Å². The second kappa shape index (κ2) is 10.7. The van der Waals surface area contributed by atoms with Crippen molar-refractivity contribution in [2.24, 2.45) is 0 Å². The van der Waals surface area contributed by atoms with Gasteiger partial charge in [0.2, 0.25) is 0 Å². The van der Waals surface area contributed by atoms with Gasteiger partial charge in [-0.05, 0) is 65.2 Å². The molecule has 5 aromatic carbocycles. The van der Waals surface area contributed by atoms with Gasteiger partial charge in [-0.15, -0.1) is 0 Å². The lowest BCUT2D eigenvalue weighted by atomic mass is 9.74. The summed E-state index contributed by atoms with van der Waals surface area (Å²) in [5.74, 6) is 0.885. The van der Waals surface area contributed by atoms with Gasteiger partial charge in [0, 0.05) is 28.4 Å². The number of benzene rings is 5. The molecule has 0 unspecified atom stereocenters. The molecule has 0 fully saturated rings. The van der Waals surface area contributed by atoms with Crippen LogP contribution in [0.15, 0.2) is 146 Å². The van der Waals surface area contributed by atoms with Gasteiger partial charge in [0.05, 0.1) is 22.3 Å². The molecule has 0 aliphatic carbocycles. The van der Waals surface area contributed by atoms with E-state index in [0.29, 0.717) is 11.4 Å². The van der Waals surface area contributed by atoms with Crippen LogP contribution in [0.4, 0.5) is 0 Å². The Morgan fingerprint density at radius 2 is 1.33 bits per heavy atom. The second-order valence-corrected chi connectivity index (χ2v) is 11.3. The van der Waals surface area contributed by atoms with Gasteiger partial charge in [-0.25, -0.2) is 4.98 Å². The maximum Gasteiger partial charge on any atom is 0.149 e. The molecule has 0 radical (unpaired) electrons. The highest BCUT2D eigenvalue weighted by Crippen LogP contribution is 2.43. The summed E-state index contributed by atoms with van der Waals surface area (Å²) in [5, 5.41) is 10.9. The summed E-state index contributed by atoms with van der Waals surface area (Å²) in [5.41, 5.74) is 9.74. The molecule has 0 amide bonds. The minimum absolute atomic E-state index is 0.194. The molecule has 7 rings (SSSR count). The summed E-state index contributed by atoms with van der Waals surface area (Å²) in [6, 6.07) is 47.2. The maximum absolute atomic E-state index is 10.9.